The van der Waals surface area contributed by atoms with Gasteiger partial charge in [-0.05, 0) is 42.0 Å². The van der Waals surface area contributed by atoms with Gasteiger partial charge in [0.05, 0.1) is 17.6 Å². The fourth-order valence-electron chi connectivity index (χ4n) is 3.59. The van der Waals surface area contributed by atoms with Gasteiger partial charge in [-0.1, -0.05) is 54.1 Å². The van der Waals surface area contributed by atoms with E-state index in [4.69, 9.17) is 27.3 Å². The number of fused-ring (bicyclic) bond motifs is 2. The highest BCUT2D eigenvalue weighted by molar-refractivity contribution is 6.30. The Bertz CT molecular complexity index is 1410. The summed E-state index contributed by atoms with van der Waals surface area (Å²) >= 11 is 5.95. The number of nitrogens with two attached hydrogens (primary N) is 1. The normalized spacial score (nSPS) is 11.1. The highest BCUT2D eigenvalue weighted by Gasteiger charge is 2.24. The van der Waals surface area contributed by atoms with Crippen LogP contribution in [0, 0.1) is 0 Å². The van der Waals surface area contributed by atoms with Gasteiger partial charge in [-0.3, -0.25) is 4.79 Å². The Hall–Kier alpha value is -3.90. The zero-order valence-electron chi connectivity index (χ0n) is 16.4. The molecule has 0 spiro atoms. The predicted octanol–water partition coefficient (Wildman–Crippen LogP) is 5.12. The minimum atomic E-state index is -0.346. The predicted molar refractivity (Wildman–Crippen MR) is 124 cm³/mol. The van der Waals surface area contributed by atoms with E-state index in [1.54, 1.807) is 24.3 Å². The molecule has 5 aromatic rings. The summed E-state index contributed by atoms with van der Waals surface area (Å²) in [5.41, 5.74) is 11.0. The largest absolute Gasteiger partial charge is 0.384 e. The first-order valence-electron chi connectivity index (χ1n) is 9.75. The molecule has 2 heterocycles. The maximum atomic E-state index is 13.2. The van der Waals surface area contributed by atoms with Gasteiger partial charge in [-0.2, -0.15) is 0 Å². The number of para-hydroxylation sites is 2. The number of hydrogen-bond acceptors (Lipinski definition) is 4. The Balaban J connectivity index is 1.67. The van der Waals surface area contributed by atoms with Gasteiger partial charge in [0.2, 0.25) is 0 Å². The van der Waals surface area contributed by atoms with Crippen LogP contribution in [0.4, 0.5) is 11.5 Å². The van der Waals surface area contributed by atoms with Gasteiger partial charge >= 0.3 is 0 Å². The second-order valence-corrected chi connectivity index (χ2v) is 7.61. The van der Waals surface area contributed by atoms with Crippen molar-refractivity contribution in [2.45, 2.75) is 6.54 Å². The number of nitrogen functional groups attached to an aromatic ring is 1. The number of amides is 1. The fourth-order valence-corrected chi connectivity index (χ4v) is 3.72. The summed E-state index contributed by atoms with van der Waals surface area (Å²) in [5.74, 6) is -0.0261. The molecule has 0 aliphatic carbocycles. The number of carbonyl (C=O) groups excluding carboxylic acids is 1. The van der Waals surface area contributed by atoms with Gasteiger partial charge in [-0.25, -0.2) is 9.97 Å². The first kappa shape index (κ1) is 19.1. The number of anilines is 2. The highest BCUT2D eigenvalue weighted by Crippen LogP contribution is 2.29. The van der Waals surface area contributed by atoms with E-state index in [0.717, 1.165) is 11.1 Å². The molecule has 2 aromatic heterocycles. The molecule has 0 aliphatic rings. The molecule has 7 heteroatoms. The number of benzene rings is 3. The standard InChI is InChI=1S/C24H18ClN5O/c25-16-10-12-17(13-11-16)27-24(31)20-21-23(29-19-9-5-4-8-18(19)28-21)30(22(20)26)14-15-6-2-1-3-7-15/h1-13H,14,26H2,(H,27,31). The molecule has 0 saturated carbocycles. The Kier molecular flexibility index (Phi) is 4.76. The second kappa shape index (κ2) is 7.74. The minimum Gasteiger partial charge on any atom is -0.384 e. The monoisotopic (exact) mass is 427 g/mol. The molecule has 3 N–H and O–H groups in total. The van der Waals surface area contributed by atoms with E-state index >= 15 is 0 Å². The molecule has 6 nitrogen and oxygen atoms in total. The van der Waals surface area contributed by atoms with Crippen molar-refractivity contribution in [2.75, 3.05) is 11.1 Å². The summed E-state index contributed by atoms with van der Waals surface area (Å²) in [6, 6.07) is 24.4. The lowest BCUT2D eigenvalue weighted by atomic mass is 10.2. The molecule has 0 atom stereocenters. The SMILES string of the molecule is Nc1c(C(=O)Nc2ccc(Cl)cc2)c2nc3ccccc3nc2n1Cc1ccccc1. The summed E-state index contributed by atoms with van der Waals surface area (Å²) in [6.45, 7) is 0.477. The summed E-state index contributed by atoms with van der Waals surface area (Å²) < 4.78 is 1.83. The average molecular weight is 428 g/mol. The van der Waals surface area contributed by atoms with Crippen LogP contribution in [0.1, 0.15) is 15.9 Å². The molecule has 0 bridgehead atoms. The van der Waals surface area contributed by atoms with E-state index in [2.05, 4.69) is 5.32 Å². The summed E-state index contributed by atoms with van der Waals surface area (Å²) in [5, 5.41) is 3.48. The number of halogens is 1. The van der Waals surface area contributed by atoms with Crippen LogP contribution in [0.5, 0.6) is 0 Å². The van der Waals surface area contributed by atoms with E-state index < -0.39 is 0 Å². The molecule has 5 rings (SSSR count). The molecule has 0 fully saturated rings. The van der Waals surface area contributed by atoms with Crippen molar-refractivity contribution in [1.82, 2.24) is 14.5 Å². The van der Waals surface area contributed by atoms with Crippen LogP contribution in [0.2, 0.25) is 5.02 Å². The van der Waals surface area contributed by atoms with Gasteiger partial charge in [-0.15, -0.1) is 0 Å². The number of nitrogens with zero attached hydrogens (tertiary/aromatic N) is 3. The van der Waals surface area contributed by atoms with E-state index in [-0.39, 0.29) is 5.91 Å². The average Bonchev–Trinajstić information content (AvgIpc) is 3.05. The molecule has 1 amide bonds. The molecule has 0 unspecified atom stereocenters. The van der Waals surface area contributed by atoms with Gasteiger partial charge in [0.15, 0.2) is 5.65 Å². The molecular formula is C24H18ClN5O. The molecule has 3 aromatic carbocycles. The molecule has 0 aliphatic heterocycles. The van der Waals surface area contributed by atoms with Crippen molar-refractivity contribution in [1.29, 1.82) is 0 Å². The quantitative estimate of drug-likeness (QED) is 0.416. The fraction of sp³-hybridized carbons (Fsp3) is 0.0417. The van der Waals surface area contributed by atoms with Gasteiger partial charge < -0.3 is 15.6 Å². The molecule has 0 radical (unpaired) electrons. The Labute approximate surface area is 183 Å². The number of carbonyl (C=O) groups is 1. The number of rotatable bonds is 4. The minimum absolute atomic E-state index is 0.305. The lowest BCUT2D eigenvalue weighted by Gasteiger charge is -2.08. The molecule has 0 saturated heterocycles. The van der Waals surface area contributed by atoms with Crippen molar-refractivity contribution in [3.05, 3.63) is 95.0 Å². The summed E-state index contributed by atoms with van der Waals surface area (Å²) in [7, 11) is 0. The van der Waals surface area contributed by atoms with Crippen LogP contribution < -0.4 is 11.1 Å². The first-order chi connectivity index (χ1) is 15.1. The van der Waals surface area contributed by atoms with Crippen molar-refractivity contribution in [3.8, 4) is 0 Å². The number of nitrogens with one attached hydrogen (secondary N) is 1. The topological polar surface area (TPSA) is 85.8 Å². The van der Waals surface area contributed by atoms with Crippen LogP contribution in [-0.2, 0) is 6.54 Å². The van der Waals surface area contributed by atoms with Crippen molar-refractivity contribution >= 4 is 51.2 Å². The molecule has 31 heavy (non-hydrogen) atoms. The zero-order chi connectivity index (χ0) is 21.4. The highest BCUT2D eigenvalue weighted by atomic mass is 35.5. The van der Waals surface area contributed by atoms with Gasteiger partial charge in [0.1, 0.15) is 16.9 Å². The summed E-state index contributed by atoms with van der Waals surface area (Å²) in [4.78, 5) is 22.7. The molecular weight excluding hydrogens is 410 g/mol. The maximum Gasteiger partial charge on any atom is 0.261 e. The van der Waals surface area contributed by atoms with Crippen LogP contribution in [0.25, 0.3) is 22.2 Å². The molecule has 152 valence electrons. The number of aromatic nitrogens is 3. The lowest BCUT2D eigenvalue weighted by Crippen LogP contribution is -2.15. The van der Waals surface area contributed by atoms with E-state index in [1.165, 1.54) is 0 Å². The van der Waals surface area contributed by atoms with Crippen molar-refractivity contribution < 1.29 is 4.79 Å². The van der Waals surface area contributed by atoms with E-state index in [1.807, 2.05) is 59.2 Å². The van der Waals surface area contributed by atoms with Crippen LogP contribution in [-0.4, -0.2) is 20.4 Å². The third kappa shape index (κ3) is 3.58. The Morgan fingerprint density at radius 3 is 2.26 bits per heavy atom. The third-order valence-electron chi connectivity index (χ3n) is 5.10. The smallest absolute Gasteiger partial charge is 0.261 e. The van der Waals surface area contributed by atoms with Gasteiger partial charge in [0.25, 0.3) is 5.91 Å². The van der Waals surface area contributed by atoms with Crippen LogP contribution in [0.15, 0.2) is 78.9 Å². The number of hydrogen-bond donors (Lipinski definition) is 2. The van der Waals surface area contributed by atoms with Crippen LogP contribution in [0.3, 0.4) is 0 Å². The van der Waals surface area contributed by atoms with Gasteiger partial charge in [0, 0.05) is 10.7 Å². The van der Waals surface area contributed by atoms with E-state index in [9.17, 15) is 4.79 Å². The summed E-state index contributed by atoms with van der Waals surface area (Å²) in [6.07, 6.45) is 0. The maximum absolute atomic E-state index is 13.2. The Morgan fingerprint density at radius 2 is 1.55 bits per heavy atom. The Morgan fingerprint density at radius 1 is 0.903 bits per heavy atom. The second-order valence-electron chi connectivity index (χ2n) is 7.18. The zero-order valence-corrected chi connectivity index (χ0v) is 17.2. The van der Waals surface area contributed by atoms with E-state index in [0.29, 0.717) is 45.3 Å². The van der Waals surface area contributed by atoms with Crippen LogP contribution >= 0.6 is 11.6 Å². The van der Waals surface area contributed by atoms with Crippen molar-refractivity contribution in [2.24, 2.45) is 0 Å². The van der Waals surface area contributed by atoms with Crippen molar-refractivity contribution in [3.63, 3.8) is 0 Å². The lowest BCUT2D eigenvalue weighted by molar-refractivity contribution is 0.102. The first-order valence-corrected chi connectivity index (χ1v) is 10.1. The third-order valence-corrected chi connectivity index (χ3v) is 5.36.